The minimum atomic E-state index is -1.00. The van der Waals surface area contributed by atoms with Crippen molar-refractivity contribution in [2.24, 2.45) is 10.5 Å². The van der Waals surface area contributed by atoms with Crippen LogP contribution >= 0.6 is 0 Å². The average molecular weight is 507 g/mol. The van der Waals surface area contributed by atoms with Gasteiger partial charge in [-0.05, 0) is 44.9 Å². The van der Waals surface area contributed by atoms with Crippen molar-refractivity contribution in [1.29, 1.82) is 0 Å². The van der Waals surface area contributed by atoms with Gasteiger partial charge in [0.2, 0.25) is 5.91 Å². The van der Waals surface area contributed by atoms with Gasteiger partial charge in [-0.3, -0.25) is 9.59 Å². The highest BCUT2D eigenvalue weighted by atomic mass is 16.6. The van der Waals surface area contributed by atoms with Gasteiger partial charge in [-0.25, -0.2) is 9.80 Å². The predicted octanol–water partition coefficient (Wildman–Crippen LogP) is 3.25. The fourth-order valence-corrected chi connectivity index (χ4v) is 4.76. The van der Waals surface area contributed by atoms with Crippen molar-refractivity contribution in [3.8, 4) is 5.75 Å². The van der Waals surface area contributed by atoms with Crippen molar-refractivity contribution in [2.45, 2.75) is 45.3 Å². The Kier molecular flexibility index (Phi) is 7.52. The maximum Gasteiger partial charge on any atom is 0.408 e. The number of ether oxygens (including phenoxy) is 2. The average Bonchev–Trinajstić information content (AvgIpc) is 3.10. The summed E-state index contributed by atoms with van der Waals surface area (Å²) in [7, 11) is 1.65. The summed E-state index contributed by atoms with van der Waals surface area (Å²) >= 11 is 0. The molecular formula is C28H34N4O5. The summed E-state index contributed by atoms with van der Waals surface area (Å²) in [6, 6.07) is 17.8. The lowest BCUT2D eigenvalue weighted by Crippen LogP contribution is -2.60. The molecule has 2 aliphatic heterocycles. The molecule has 2 atom stereocenters. The van der Waals surface area contributed by atoms with Crippen LogP contribution in [0.5, 0.6) is 5.75 Å². The Labute approximate surface area is 217 Å². The molecule has 1 saturated heterocycles. The van der Waals surface area contributed by atoms with E-state index in [1.54, 1.807) is 44.9 Å². The molecular weight excluding hydrogens is 472 g/mol. The Balaban J connectivity index is 1.56. The van der Waals surface area contributed by atoms with Crippen LogP contribution < -0.4 is 10.1 Å². The highest BCUT2D eigenvalue weighted by Gasteiger charge is 2.54. The molecule has 196 valence electrons. The second-order valence-electron chi connectivity index (χ2n) is 10.5. The Bertz CT molecular complexity index is 1160. The molecule has 0 aliphatic carbocycles. The van der Waals surface area contributed by atoms with Gasteiger partial charge in [0.25, 0.3) is 5.91 Å². The zero-order chi connectivity index (χ0) is 26.6. The van der Waals surface area contributed by atoms with Crippen LogP contribution in [0.2, 0.25) is 0 Å². The lowest BCUT2D eigenvalue weighted by atomic mass is 9.73. The third-order valence-electron chi connectivity index (χ3n) is 6.42. The van der Waals surface area contributed by atoms with E-state index in [0.717, 1.165) is 11.3 Å². The maximum absolute atomic E-state index is 13.8. The van der Waals surface area contributed by atoms with Crippen LogP contribution in [0, 0.1) is 5.41 Å². The van der Waals surface area contributed by atoms with Gasteiger partial charge in [0.15, 0.2) is 0 Å². The number of carbonyl (C=O) groups excluding carboxylic acids is 3. The first-order valence-electron chi connectivity index (χ1n) is 12.4. The number of carbonyl (C=O) groups is 3. The number of nitrogens with zero attached hydrogens (tertiary/aromatic N) is 3. The number of amides is 3. The van der Waals surface area contributed by atoms with Gasteiger partial charge in [0, 0.05) is 26.6 Å². The van der Waals surface area contributed by atoms with E-state index in [1.807, 2.05) is 48.5 Å². The van der Waals surface area contributed by atoms with Gasteiger partial charge >= 0.3 is 6.09 Å². The molecule has 0 radical (unpaired) electrons. The molecule has 0 bridgehead atoms. The number of piperidine rings is 1. The number of hydrogen-bond donors (Lipinski definition) is 1. The molecule has 37 heavy (non-hydrogen) atoms. The molecule has 2 aromatic rings. The first kappa shape index (κ1) is 26.2. The van der Waals surface area contributed by atoms with Gasteiger partial charge in [0.05, 0.1) is 5.71 Å². The van der Waals surface area contributed by atoms with Crippen LogP contribution in [-0.2, 0) is 20.7 Å². The number of para-hydroxylation sites is 1. The molecule has 2 aliphatic rings. The van der Waals surface area contributed by atoms with Gasteiger partial charge in [-0.2, -0.15) is 5.10 Å². The monoisotopic (exact) mass is 506 g/mol. The number of alkyl carbamates (subject to hydrolysis) is 1. The Hall–Kier alpha value is -3.88. The standard InChI is InChI=1S/C28H34N4O5/c1-27(2,3)37-26(35)29-22(18-36-21-13-9-6-10-14-21)24(33)32-16-15-23-28(19-32,25(34)31(4)30-23)17-20-11-7-5-8-12-20/h5-14,22H,15-19H2,1-4H3,(H,29,35)/t22-,28-/m1/s1. The van der Waals surface area contributed by atoms with Crippen molar-refractivity contribution in [2.75, 3.05) is 26.7 Å². The fraction of sp³-hybridized carbons (Fsp3) is 0.429. The number of likely N-dealkylation sites (tertiary alicyclic amines) is 1. The van der Waals surface area contributed by atoms with E-state index in [2.05, 4.69) is 10.4 Å². The molecule has 0 unspecified atom stereocenters. The summed E-state index contributed by atoms with van der Waals surface area (Å²) in [6.45, 7) is 5.73. The topological polar surface area (TPSA) is 101 Å². The summed E-state index contributed by atoms with van der Waals surface area (Å²) in [5.74, 6) is 0.101. The predicted molar refractivity (Wildman–Crippen MR) is 139 cm³/mol. The summed E-state index contributed by atoms with van der Waals surface area (Å²) in [5.41, 5.74) is 0.101. The zero-order valence-corrected chi connectivity index (χ0v) is 21.8. The summed E-state index contributed by atoms with van der Waals surface area (Å²) in [6.07, 6.45) is 0.190. The Morgan fingerprint density at radius 1 is 1.08 bits per heavy atom. The van der Waals surface area contributed by atoms with Crippen molar-refractivity contribution < 1.29 is 23.9 Å². The molecule has 9 nitrogen and oxygen atoms in total. The number of nitrogens with one attached hydrogen (secondary N) is 1. The first-order chi connectivity index (χ1) is 17.6. The van der Waals surface area contributed by atoms with E-state index in [0.29, 0.717) is 25.1 Å². The molecule has 9 heteroatoms. The van der Waals surface area contributed by atoms with Crippen LogP contribution in [0.4, 0.5) is 4.79 Å². The molecule has 4 rings (SSSR count). The third kappa shape index (κ3) is 6.10. The number of hydrazone groups is 1. The molecule has 3 amide bonds. The fourth-order valence-electron chi connectivity index (χ4n) is 4.76. The Morgan fingerprint density at radius 3 is 2.38 bits per heavy atom. The van der Waals surface area contributed by atoms with E-state index in [1.165, 1.54) is 5.01 Å². The van der Waals surface area contributed by atoms with Gasteiger partial charge in [-0.1, -0.05) is 48.5 Å². The van der Waals surface area contributed by atoms with E-state index < -0.39 is 23.2 Å². The van der Waals surface area contributed by atoms with Gasteiger partial charge in [-0.15, -0.1) is 0 Å². The van der Waals surface area contributed by atoms with Crippen LogP contribution in [-0.4, -0.2) is 71.9 Å². The highest BCUT2D eigenvalue weighted by molar-refractivity contribution is 6.13. The quantitative estimate of drug-likeness (QED) is 0.621. The Morgan fingerprint density at radius 2 is 1.73 bits per heavy atom. The van der Waals surface area contributed by atoms with Crippen LogP contribution in [0.3, 0.4) is 0 Å². The number of benzene rings is 2. The maximum atomic E-state index is 13.8. The summed E-state index contributed by atoms with van der Waals surface area (Å²) < 4.78 is 11.2. The SMILES string of the molecule is CN1N=C2CCN(C(=O)[C@@H](COc3ccccc3)NC(=O)OC(C)(C)C)C[C@@]2(Cc2ccccc2)C1=O. The van der Waals surface area contributed by atoms with Crippen molar-refractivity contribution in [3.05, 3.63) is 66.2 Å². The number of fused-ring (bicyclic) bond motifs is 1. The number of hydrogen-bond acceptors (Lipinski definition) is 6. The van der Waals surface area contributed by atoms with Crippen LogP contribution in [0.15, 0.2) is 65.8 Å². The van der Waals surface area contributed by atoms with E-state index in [9.17, 15) is 14.4 Å². The minimum absolute atomic E-state index is 0.0843. The van der Waals surface area contributed by atoms with Gasteiger partial charge < -0.3 is 19.7 Å². The summed E-state index contributed by atoms with van der Waals surface area (Å²) in [5, 5.41) is 8.57. The second kappa shape index (κ2) is 10.6. The number of rotatable bonds is 7. The molecule has 1 fully saturated rings. The highest BCUT2D eigenvalue weighted by Crippen LogP contribution is 2.38. The van der Waals surface area contributed by atoms with Crippen LogP contribution in [0.1, 0.15) is 32.8 Å². The second-order valence-corrected chi connectivity index (χ2v) is 10.5. The van der Waals surface area contributed by atoms with E-state index >= 15 is 0 Å². The van der Waals surface area contributed by atoms with Crippen molar-refractivity contribution >= 4 is 23.6 Å². The molecule has 1 N–H and O–H groups in total. The lowest BCUT2D eigenvalue weighted by Gasteiger charge is -2.40. The van der Waals surface area contributed by atoms with Crippen LogP contribution in [0.25, 0.3) is 0 Å². The zero-order valence-electron chi connectivity index (χ0n) is 21.8. The smallest absolute Gasteiger partial charge is 0.408 e. The van der Waals surface area contributed by atoms with Gasteiger partial charge in [0.1, 0.15) is 29.4 Å². The molecule has 2 aromatic carbocycles. The minimum Gasteiger partial charge on any atom is -0.491 e. The first-order valence-corrected chi connectivity index (χ1v) is 12.4. The van der Waals surface area contributed by atoms with Crippen molar-refractivity contribution in [3.63, 3.8) is 0 Å². The van der Waals surface area contributed by atoms with Crippen molar-refractivity contribution in [1.82, 2.24) is 15.2 Å². The molecule has 0 saturated carbocycles. The lowest BCUT2D eigenvalue weighted by molar-refractivity contribution is -0.141. The third-order valence-corrected chi connectivity index (χ3v) is 6.42. The molecule has 0 aromatic heterocycles. The largest absolute Gasteiger partial charge is 0.491 e. The molecule has 2 heterocycles. The van der Waals surface area contributed by atoms with E-state index in [4.69, 9.17) is 9.47 Å². The molecule has 0 spiro atoms. The normalized spacial score (nSPS) is 20.1. The summed E-state index contributed by atoms with van der Waals surface area (Å²) in [4.78, 5) is 41.5. The van der Waals surface area contributed by atoms with E-state index in [-0.39, 0.29) is 25.0 Å².